The number of rotatable bonds is 23. The van der Waals surface area contributed by atoms with Crippen molar-refractivity contribution in [2.45, 2.75) is 49.8 Å². The number of anilines is 7. The summed E-state index contributed by atoms with van der Waals surface area (Å²) in [7, 11) is -7.87. The highest BCUT2D eigenvalue weighted by Crippen LogP contribution is 2.44. The minimum absolute atomic E-state index is 0.0275. The number of nitrogens with one attached hydrogen (secondary N) is 2. The van der Waals surface area contributed by atoms with Gasteiger partial charge in [-0.25, -0.2) is 0 Å². The lowest BCUT2D eigenvalue weighted by Gasteiger charge is -2.25. The average molecular weight is 1070 g/mol. The molecule has 0 aliphatic carbocycles. The molecule has 6 N–H and O–H groups in total. The summed E-state index contributed by atoms with van der Waals surface area (Å²) in [5.74, 6) is -0.290. The Labute approximate surface area is 414 Å². The Morgan fingerprint density at radius 2 is 0.904 bits per heavy atom. The molecule has 5 aromatic rings. The number of hydrogen-bond donors (Lipinski definition) is 6. The third-order valence-electron chi connectivity index (χ3n) is 10.6. The van der Waals surface area contributed by atoms with E-state index in [0.717, 1.165) is 0 Å². The Morgan fingerprint density at radius 3 is 1.21 bits per heavy atom. The van der Waals surface area contributed by atoms with Gasteiger partial charge in [0.2, 0.25) is 17.8 Å². The SMILES string of the molecule is CCN(CC)c1cc(Nc2nc(Nc3cc(N(CC)CC)c(OC)cc3/N=N/c3ccc(C(F)(F)F)cc3S(=O)(=O)O)nc(N(CCO)CCO)n2)c(/N=N/c2ccc(C(F)(F)F)cc2S(=O)(=O)O)cc1OC. The van der Waals surface area contributed by atoms with E-state index in [1.165, 1.54) is 43.4 Å². The van der Waals surface area contributed by atoms with Gasteiger partial charge in [0, 0.05) is 51.4 Å². The number of aromatic nitrogens is 3. The number of alkyl halides is 6. The van der Waals surface area contributed by atoms with Crippen LogP contribution in [0.15, 0.2) is 90.9 Å². The molecule has 1 aromatic heterocycles. The highest BCUT2D eigenvalue weighted by Gasteiger charge is 2.34. The van der Waals surface area contributed by atoms with E-state index in [9.17, 15) is 62.5 Å². The van der Waals surface area contributed by atoms with Gasteiger partial charge in [-0.1, -0.05) is 0 Å². The van der Waals surface area contributed by atoms with Gasteiger partial charge in [0.25, 0.3) is 20.2 Å². The quantitative estimate of drug-likeness (QED) is 0.0202. The van der Waals surface area contributed by atoms with E-state index >= 15 is 0 Å². The summed E-state index contributed by atoms with van der Waals surface area (Å²) in [6.07, 6.45) is -9.97. The van der Waals surface area contributed by atoms with Gasteiger partial charge in [-0.15, -0.1) is 20.5 Å². The topological polar surface area (TPSA) is 290 Å². The molecule has 0 aliphatic rings. The summed E-state index contributed by atoms with van der Waals surface area (Å²) >= 11 is 0. The van der Waals surface area contributed by atoms with Crippen molar-refractivity contribution in [1.29, 1.82) is 0 Å². The maximum absolute atomic E-state index is 13.6. The van der Waals surface area contributed by atoms with Gasteiger partial charge in [-0.05, 0) is 76.2 Å². The molecule has 5 rings (SSSR count). The summed E-state index contributed by atoms with van der Waals surface area (Å²) in [5, 5.41) is 42.1. The zero-order valence-electron chi connectivity index (χ0n) is 39.7. The fourth-order valence-electron chi connectivity index (χ4n) is 7.02. The van der Waals surface area contributed by atoms with Crippen LogP contribution in [0, 0.1) is 0 Å². The Morgan fingerprint density at radius 1 is 0.548 bits per heavy atom. The average Bonchev–Trinajstić information content (AvgIpc) is 3.32. The maximum Gasteiger partial charge on any atom is 0.416 e. The molecule has 0 radical (unpaired) electrons. The summed E-state index contributed by atoms with van der Waals surface area (Å²) in [6, 6.07) is 8.70. The molecular formula is C43H50F6N12O10S2. The first kappa shape index (κ1) is 56.9. The van der Waals surface area contributed by atoms with Crippen LogP contribution in [0.4, 0.5) is 89.7 Å². The molecule has 1 heterocycles. The van der Waals surface area contributed by atoms with E-state index < -0.39 is 78.1 Å². The molecule has 0 bridgehead atoms. The Kier molecular flexibility index (Phi) is 18.5. The third kappa shape index (κ3) is 14.2. The van der Waals surface area contributed by atoms with Crippen LogP contribution in [0.3, 0.4) is 0 Å². The van der Waals surface area contributed by atoms with Crippen LogP contribution in [0.2, 0.25) is 0 Å². The fourth-order valence-corrected chi connectivity index (χ4v) is 8.32. The molecular weight excluding hydrogens is 1020 g/mol. The number of aliphatic hydroxyl groups is 2. The van der Waals surface area contributed by atoms with Crippen molar-refractivity contribution >= 4 is 83.6 Å². The normalized spacial score (nSPS) is 12.4. The van der Waals surface area contributed by atoms with Crippen LogP contribution in [0.5, 0.6) is 11.5 Å². The lowest BCUT2D eigenvalue weighted by atomic mass is 10.2. The number of hydrogen-bond acceptors (Lipinski definition) is 20. The van der Waals surface area contributed by atoms with Crippen molar-refractivity contribution in [2.24, 2.45) is 20.5 Å². The van der Waals surface area contributed by atoms with E-state index in [4.69, 9.17) is 9.47 Å². The second-order valence-corrected chi connectivity index (χ2v) is 17.9. The highest BCUT2D eigenvalue weighted by molar-refractivity contribution is 7.86. The minimum Gasteiger partial charge on any atom is -0.494 e. The zero-order valence-corrected chi connectivity index (χ0v) is 41.4. The van der Waals surface area contributed by atoms with Gasteiger partial charge in [0.1, 0.15) is 44.0 Å². The first-order chi connectivity index (χ1) is 34.3. The molecule has 4 aromatic carbocycles. The van der Waals surface area contributed by atoms with E-state index in [1.807, 2.05) is 37.5 Å². The zero-order chi connectivity index (χ0) is 54.1. The van der Waals surface area contributed by atoms with E-state index in [1.54, 1.807) is 0 Å². The van der Waals surface area contributed by atoms with Gasteiger partial charge >= 0.3 is 12.4 Å². The van der Waals surface area contributed by atoms with Crippen molar-refractivity contribution in [3.8, 4) is 11.5 Å². The first-order valence-electron chi connectivity index (χ1n) is 21.7. The molecule has 0 atom stereocenters. The van der Waals surface area contributed by atoms with Gasteiger partial charge in [0.15, 0.2) is 0 Å². The Hall–Kier alpha value is -6.99. The van der Waals surface area contributed by atoms with Gasteiger partial charge in [0.05, 0.1) is 61.3 Å². The molecule has 0 saturated carbocycles. The standard InChI is InChI=1S/C43H50F6N12O10S2/c1-7-59(8-2)33-21-29(31(23-35(33)70-5)57-55-27-13-11-25(42(44,45)46)19-37(27)72(64,65)66)50-39-52-40(54-41(53-39)61(15-17-62)16-18-63)51-30-22-34(60(9-3)10-4)36(71-6)24-32(30)58-56-28-14-12-26(43(47,48)49)20-38(28)73(67,68)69/h11-14,19-24,62-63H,7-10,15-18H2,1-6H3,(H,64,65,66)(H,67,68,69)(H2,50,51,52,53,54)/b57-55+,58-56+. The minimum atomic E-state index is -5.29. The van der Waals surface area contributed by atoms with E-state index in [0.29, 0.717) is 61.8 Å². The van der Waals surface area contributed by atoms with Crippen molar-refractivity contribution in [3.63, 3.8) is 0 Å². The van der Waals surface area contributed by atoms with Crippen molar-refractivity contribution in [1.82, 2.24) is 15.0 Å². The molecule has 0 saturated heterocycles. The Balaban J connectivity index is 1.76. The van der Waals surface area contributed by atoms with Gasteiger partial charge in [-0.3, -0.25) is 9.11 Å². The fraction of sp³-hybridized carbons (Fsp3) is 0.372. The van der Waals surface area contributed by atoms with Crippen molar-refractivity contribution < 1.29 is 72.0 Å². The summed E-state index contributed by atoms with van der Waals surface area (Å²) in [5.41, 5.74) is -3.40. The van der Waals surface area contributed by atoms with Crippen LogP contribution in [-0.4, -0.2) is 118 Å². The second-order valence-electron chi connectivity index (χ2n) is 15.1. The molecule has 0 spiro atoms. The van der Waals surface area contributed by atoms with Crippen LogP contribution < -0.4 is 34.8 Å². The van der Waals surface area contributed by atoms with Crippen molar-refractivity contribution in [2.75, 3.05) is 92.0 Å². The highest BCUT2D eigenvalue weighted by atomic mass is 32.2. The van der Waals surface area contributed by atoms with Crippen LogP contribution in [0.25, 0.3) is 0 Å². The third-order valence-corrected chi connectivity index (χ3v) is 12.4. The maximum atomic E-state index is 13.6. The van der Waals surface area contributed by atoms with E-state index in [-0.39, 0.29) is 77.3 Å². The lowest BCUT2D eigenvalue weighted by molar-refractivity contribution is -0.138. The predicted molar refractivity (Wildman–Crippen MR) is 257 cm³/mol. The summed E-state index contributed by atoms with van der Waals surface area (Å²) in [6.45, 7) is 8.06. The molecule has 396 valence electrons. The smallest absolute Gasteiger partial charge is 0.416 e. The monoisotopic (exact) mass is 1070 g/mol. The van der Waals surface area contributed by atoms with Crippen LogP contribution >= 0.6 is 0 Å². The van der Waals surface area contributed by atoms with Gasteiger partial charge < -0.3 is 45.0 Å². The number of halogens is 6. The molecule has 73 heavy (non-hydrogen) atoms. The second kappa shape index (κ2) is 23.7. The Bertz CT molecular complexity index is 2860. The molecule has 0 aliphatic heterocycles. The largest absolute Gasteiger partial charge is 0.494 e. The number of nitrogens with zero attached hydrogens (tertiary/aromatic N) is 10. The van der Waals surface area contributed by atoms with E-state index in [2.05, 4.69) is 46.0 Å². The number of azo groups is 2. The first-order valence-corrected chi connectivity index (χ1v) is 24.6. The molecule has 30 heteroatoms. The van der Waals surface area contributed by atoms with Crippen LogP contribution in [-0.2, 0) is 32.6 Å². The van der Waals surface area contributed by atoms with Crippen LogP contribution in [0.1, 0.15) is 38.8 Å². The number of methoxy groups -OCH3 is 2. The predicted octanol–water partition coefficient (Wildman–Crippen LogP) is 9.22. The number of benzene rings is 4. The van der Waals surface area contributed by atoms with Gasteiger partial charge in [-0.2, -0.15) is 58.1 Å². The summed E-state index contributed by atoms with van der Waals surface area (Å²) < 4.78 is 162. The molecule has 22 nitrogen and oxygen atoms in total. The molecule has 0 unspecified atom stereocenters. The molecule has 0 amide bonds. The lowest BCUT2D eigenvalue weighted by Crippen LogP contribution is -2.31. The molecule has 0 fully saturated rings. The van der Waals surface area contributed by atoms with Crippen molar-refractivity contribution in [3.05, 3.63) is 71.8 Å². The summed E-state index contributed by atoms with van der Waals surface area (Å²) in [4.78, 5) is 16.3. The number of ether oxygens (including phenoxy) is 2. The number of aliphatic hydroxyl groups excluding tert-OH is 2.